The van der Waals surface area contributed by atoms with E-state index in [1.807, 2.05) is 27.7 Å². The predicted octanol–water partition coefficient (Wildman–Crippen LogP) is 5.46. The van der Waals surface area contributed by atoms with Crippen LogP contribution in [0.2, 0.25) is 0 Å². The lowest BCUT2D eigenvalue weighted by Gasteiger charge is -2.28. The molecule has 0 fully saturated rings. The van der Waals surface area contributed by atoms with Gasteiger partial charge in [-0.25, -0.2) is 8.78 Å². The normalized spacial score (nSPS) is 13.7. The summed E-state index contributed by atoms with van der Waals surface area (Å²) in [6.07, 6.45) is 2.48. The van der Waals surface area contributed by atoms with Gasteiger partial charge in [-0.05, 0) is 98.5 Å². The number of benzene rings is 1. The molecule has 0 bridgehead atoms. The third kappa shape index (κ3) is 12.2. The van der Waals surface area contributed by atoms with Crippen molar-refractivity contribution in [3.8, 4) is 5.75 Å². The number of hydrogen-bond acceptors (Lipinski definition) is 9. The van der Waals surface area contributed by atoms with Gasteiger partial charge < -0.3 is 31.1 Å². The Balaban J connectivity index is 2.58. The van der Waals surface area contributed by atoms with Crippen LogP contribution in [0.15, 0.2) is 16.4 Å². The number of thiocarbonyl (C=S) groups is 1. The molecule has 0 aliphatic heterocycles. The number of hydrogen-bond donors (Lipinski definition) is 5. The number of nitrogens with one attached hydrogen (secondary N) is 3. The Labute approximate surface area is 250 Å². The van der Waals surface area contributed by atoms with Gasteiger partial charge in [0.25, 0.3) is 0 Å². The van der Waals surface area contributed by atoms with Crippen molar-refractivity contribution in [2.75, 3.05) is 19.6 Å². The van der Waals surface area contributed by atoms with Crippen LogP contribution < -0.4 is 20.7 Å². The molecule has 0 saturated carbocycles. The number of nitrogens with zero attached hydrogens (tertiary/aromatic N) is 2. The first-order chi connectivity index (χ1) is 19.5. The highest BCUT2D eigenvalue weighted by molar-refractivity contribution is 7.80. The highest BCUT2D eigenvalue weighted by Gasteiger charge is 2.24. The molecule has 238 valence electrons. The third-order valence-electron chi connectivity index (χ3n) is 7.29. The summed E-state index contributed by atoms with van der Waals surface area (Å²) in [5.74, 6) is -7.87. The summed E-state index contributed by atoms with van der Waals surface area (Å²) in [7, 11) is 0. The van der Waals surface area contributed by atoms with Crippen molar-refractivity contribution >= 4 is 34.6 Å². The van der Waals surface area contributed by atoms with Gasteiger partial charge in [0.1, 0.15) is 0 Å². The van der Waals surface area contributed by atoms with Crippen molar-refractivity contribution in [1.82, 2.24) is 16.0 Å². The molecule has 0 atom stereocenters. The quantitative estimate of drug-likeness (QED) is 0.0368. The molecule has 14 heteroatoms. The molecule has 0 unspecified atom stereocenters. The number of carbonyl (C=O) groups is 1. The second-order valence-electron chi connectivity index (χ2n) is 11.2. The van der Waals surface area contributed by atoms with E-state index in [1.165, 1.54) is 0 Å². The van der Waals surface area contributed by atoms with E-state index in [4.69, 9.17) is 27.4 Å². The molecule has 0 saturated heterocycles. The average Bonchev–Trinajstić information content (AvgIpc) is 2.92. The fourth-order valence-electron chi connectivity index (χ4n) is 3.82. The molecule has 0 radical (unpaired) electrons. The van der Waals surface area contributed by atoms with Gasteiger partial charge in [0.05, 0.1) is 22.5 Å². The maximum absolute atomic E-state index is 13.8. The summed E-state index contributed by atoms with van der Waals surface area (Å²) in [6, 6.07) is 0.0736. The number of carbonyl (C=O) groups excluding carboxylic acids is 1. The topological polar surface area (TPSA) is 128 Å². The summed E-state index contributed by atoms with van der Waals surface area (Å²) in [4.78, 5) is 12.4. The Morgan fingerprint density at radius 3 is 1.79 bits per heavy atom. The molecular weight excluding hydrogens is 578 g/mol. The highest BCUT2D eigenvalue weighted by Crippen LogP contribution is 2.27. The van der Waals surface area contributed by atoms with Gasteiger partial charge >= 0.3 is 0 Å². The number of amides is 1. The first kappa shape index (κ1) is 37.2. The monoisotopic (exact) mass is 621 g/mol. The minimum atomic E-state index is -1.69. The van der Waals surface area contributed by atoms with Crippen molar-refractivity contribution in [2.45, 2.75) is 91.1 Å². The maximum Gasteiger partial charge on any atom is 0.220 e. The molecule has 1 aromatic rings. The Morgan fingerprint density at radius 1 is 0.881 bits per heavy atom. The molecule has 1 rings (SSSR count). The van der Waals surface area contributed by atoms with Crippen LogP contribution in [-0.2, 0) is 4.79 Å². The van der Waals surface area contributed by atoms with Gasteiger partial charge in [0.15, 0.2) is 16.7 Å². The van der Waals surface area contributed by atoms with Crippen LogP contribution in [0.5, 0.6) is 5.75 Å². The molecule has 0 aliphatic rings. The van der Waals surface area contributed by atoms with Gasteiger partial charge in [-0.1, -0.05) is 10.3 Å². The molecule has 0 aliphatic carbocycles. The van der Waals surface area contributed by atoms with Crippen molar-refractivity contribution in [2.24, 2.45) is 16.2 Å². The summed E-state index contributed by atoms with van der Waals surface area (Å²) in [6.45, 7) is 12.8. The first-order valence-electron chi connectivity index (χ1n) is 13.7. The van der Waals surface area contributed by atoms with Crippen LogP contribution in [-0.4, -0.2) is 63.5 Å². The Bertz CT molecular complexity index is 1070. The summed E-state index contributed by atoms with van der Waals surface area (Å²) in [5.41, 5.74) is 0.119. The lowest BCUT2D eigenvalue weighted by Crippen LogP contribution is -2.47. The Morgan fingerprint density at radius 2 is 1.33 bits per heavy atom. The molecule has 0 aromatic heterocycles. The van der Waals surface area contributed by atoms with E-state index in [2.05, 4.69) is 26.3 Å². The highest BCUT2D eigenvalue weighted by atomic mass is 32.1. The zero-order chi connectivity index (χ0) is 32.1. The largest absolute Gasteiger partial charge is 0.444 e. The molecule has 0 spiro atoms. The van der Waals surface area contributed by atoms with Gasteiger partial charge in [-0.3, -0.25) is 4.79 Å². The SMILES string of the molecule is CC(=NO)C(C)(C)NCCC(CCNC(=O)CCCC(=S)Oc1c(F)c(F)cc(F)c1F)CCNC(C)(C)C(C)=NO. The van der Waals surface area contributed by atoms with Crippen LogP contribution in [0.3, 0.4) is 0 Å². The molecule has 1 aromatic carbocycles. The van der Waals surface area contributed by atoms with Crippen LogP contribution in [0.4, 0.5) is 17.6 Å². The molecule has 5 N–H and O–H groups in total. The van der Waals surface area contributed by atoms with E-state index < -0.39 is 40.1 Å². The number of rotatable bonds is 18. The lowest BCUT2D eigenvalue weighted by atomic mass is 9.94. The maximum atomic E-state index is 13.8. The molecule has 1 amide bonds. The van der Waals surface area contributed by atoms with Gasteiger partial charge in [0, 0.05) is 25.5 Å². The van der Waals surface area contributed by atoms with Crippen LogP contribution >= 0.6 is 12.2 Å². The number of oxime groups is 2. The van der Waals surface area contributed by atoms with E-state index in [0.29, 0.717) is 37.5 Å². The van der Waals surface area contributed by atoms with Crippen molar-refractivity contribution in [3.05, 3.63) is 29.3 Å². The standard InChI is InChI=1S/C28H43F4N5O4S/c1-17(36-39)27(3,4)34-14-11-19(12-15-35-28(5,6)18(2)37-40)10-13-33-22(38)8-7-9-23(42)41-26-24(31)20(29)16-21(30)25(26)32/h16,19,34-35,39-40H,7-15H2,1-6H3,(H,33,38). The molecule has 9 nitrogen and oxygen atoms in total. The number of halogens is 4. The zero-order valence-corrected chi connectivity index (χ0v) is 25.9. The molecule has 0 heterocycles. The third-order valence-corrected chi connectivity index (χ3v) is 7.58. The van der Waals surface area contributed by atoms with E-state index in [-0.39, 0.29) is 42.2 Å². The first-order valence-corrected chi connectivity index (χ1v) is 14.1. The van der Waals surface area contributed by atoms with E-state index in [1.54, 1.807) is 13.8 Å². The Kier molecular flexibility index (Phi) is 15.3. The zero-order valence-electron chi connectivity index (χ0n) is 25.0. The van der Waals surface area contributed by atoms with Crippen LogP contribution in [0.25, 0.3) is 0 Å². The smallest absolute Gasteiger partial charge is 0.220 e. The van der Waals surface area contributed by atoms with Gasteiger partial charge in [-0.2, -0.15) is 8.78 Å². The summed E-state index contributed by atoms with van der Waals surface area (Å²) < 4.78 is 59.0. The average molecular weight is 622 g/mol. The van der Waals surface area contributed by atoms with E-state index in [0.717, 1.165) is 12.8 Å². The fraction of sp³-hybridized carbons (Fsp3) is 0.643. The minimum Gasteiger partial charge on any atom is -0.444 e. The molecular formula is C28H43F4N5O4S. The van der Waals surface area contributed by atoms with E-state index >= 15 is 0 Å². The second-order valence-corrected chi connectivity index (χ2v) is 11.6. The number of ether oxygens (including phenoxy) is 1. The second kappa shape index (κ2) is 17.3. The van der Waals surface area contributed by atoms with Gasteiger partial charge in [-0.15, -0.1) is 0 Å². The minimum absolute atomic E-state index is 0.0293. The molecule has 42 heavy (non-hydrogen) atoms. The van der Waals surface area contributed by atoms with Gasteiger partial charge in [0.2, 0.25) is 23.3 Å². The van der Waals surface area contributed by atoms with Crippen molar-refractivity contribution in [3.63, 3.8) is 0 Å². The Hall–Kier alpha value is -2.84. The van der Waals surface area contributed by atoms with Crippen molar-refractivity contribution < 1.29 is 37.5 Å². The summed E-state index contributed by atoms with van der Waals surface area (Å²) in [5, 5.41) is 34.1. The lowest BCUT2D eigenvalue weighted by molar-refractivity contribution is -0.121. The predicted molar refractivity (Wildman–Crippen MR) is 158 cm³/mol. The van der Waals surface area contributed by atoms with Crippen LogP contribution in [0, 0.1) is 29.2 Å². The van der Waals surface area contributed by atoms with E-state index in [9.17, 15) is 22.4 Å². The summed E-state index contributed by atoms with van der Waals surface area (Å²) >= 11 is 4.91. The van der Waals surface area contributed by atoms with Crippen LogP contribution in [0.1, 0.15) is 80.1 Å². The van der Waals surface area contributed by atoms with Crippen molar-refractivity contribution in [1.29, 1.82) is 0 Å². The fourth-order valence-corrected chi connectivity index (χ4v) is 4.05.